The Labute approximate surface area is 131 Å². The van der Waals surface area contributed by atoms with Crippen LogP contribution in [0.15, 0.2) is 27.8 Å². The van der Waals surface area contributed by atoms with Crippen molar-refractivity contribution in [3.8, 4) is 0 Å². The topological polar surface area (TPSA) is 129 Å². The summed E-state index contributed by atoms with van der Waals surface area (Å²) in [4.78, 5) is 40.2. The van der Waals surface area contributed by atoms with E-state index in [1.54, 1.807) is 13.1 Å². The van der Waals surface area contributed by atoms with Crippen LogP contribution in [0.3, 0.4) is 0 Å². The van der Waals surface area contributed by atoms with E-state index >= 15 is 0 Å². The number of pyridine rings is 1. The van der Waals surface area contributed by atoms with Gasteiger partial charge < -0.3 is 19.5 Å². The zero-order chi connectivity index (χ0) is 17.4. The number of carbonyl (C=O) groups is 2. The maximum absolute atomic E-state index is 12.4. The molecule has 0 fully saturated rings. The van der Waals surface area contributed by atoms with E-state index in [1.807, 2.05) is 13.8 Å². The van der Waals surface area contributed by atoms with Gasteiger partial charge in [-0.1, -0.05) is 19.0 Å². The fourth-order valence-corrected chi connectivity index (χ4v) is 1.88. The van der Waals surface area contributed by atoms with Gasteiger partial charge in [-0.15, -0.1) is 0 Å². The first kappa shape index (κ1) is 18.1. The number of aromatic nitrogens is 3. The van der Waals surface area contributed by atoms with Gasteiger partial charge in [-0.3, -0.25) is 14.4 Å². The molecule has 2 aromatic rings. The molecule has 23 heavy (non-hydrogen) atoms. The molecular formula is C14H18N4O5. The molecule has 0 saturated carbocycles. The van der Waals surface area contributed by atoms with Gasteiger partial charge >= 0.3 is 0 Å². The van der Waals surface area contributed by atoms with Crippen LogP contribution >= 0.6 is 0 Å². The molecule has 0 unspecified atom stereocenters. The number of hydrogen-bond donors (Lipinski definition) is 2. The van der Waals surface area contributed by atoms with Crippen LogP contribution in [-0.4, -0.2) is 44.6 Å². The molecule has 0 radical (unpaired) electrons. The van der Waals surface area contributed by atoms with Crippen molar-refractivity contribution in [3.63, 3.8) is 0 Å². The van der Waals surface area contributed by atoms with Gasteiger partial charge in [-0.2, -0.15) is 4.98 Å². The first-order valence-corrected chi connectivity index (χ1v) is 6.72. The SMILES string of the molecule is CC(C)c1[nH]c(=O)ccc1C(=O)N(C)Cc1ncon1.O=CO. The molecule has 0 aromatic carbocycles. The number of carboxylic acid groups (broad SMARTS) is 1. The summed E-state index contributed by atoms with van der Waals surface area (Å²) >= 11 is 0. The normalized spacial score (nSPS) is 9.91. The third-order valence-electron chi connectivity index (χ3n) is 2.89. The smallest absolute Gasteiger partial charge is 0.290 e. The Bertz CT molecular complexity index is 693. The third kappa shape index (κ3) is 5.06. The van der Waals surface area contributed by atoms with E-state index in [-0.39, 0.29) is 30.4 Å². The monoisotopic (exact) mass is 322 g/mol. The summed E-state index contributed by atoms with van der Waals surface area (Å²) < 4.78 is 4.63. The fourth-order valence-electron chi connectivity index (χ4n) is 1.88. The van der Waals surface area contributed by atoms with Gasteiger partial charge in [-0.25, -0.2) is 0 Å². The maximum atomic E-state index is 12.4. The predicted octanol–water partition coefficient (Wildman–Crippen LogP) is 0.854. The Balaban J connectivity index is 0.000000816. The van der Waals surface area contributed by atoms with Crippen LogP contribution in [0.4, 0.5) is 0 Å². The molecule has 2 heterocycles. The lowest BCUT2D eigenvalue weighted by molar-refractivity contribution is -0.122. The number of aromatic amines is 1. The molecule has 9 nitrogen and oxygen atoms in total. The summed E-state index contributed by atoms with van der Waals surface area (Å²) in [5.74, 6) is 0.271. The van der Waals surface area contributed by atoms with Crippen molar-refractivity contribution < 1.29 is 19.2 Å². The van der Waals surface area contributed by atoms with Crippen molar-refractivity contribution in [1.82, 2.24) is 20.0 Å². The molecular weight excluding hydrogens is 304 g/mol. The quantitative estimate of drug-likeness (QED) is 0.798. The largest absolute Gasteiger partial charge is 0.483 e. The van der Waals surface area contributed by atoms with Crippen molar-refractivity contribution in [2.24, 2.45) is 0 Å². The van der Waals surface area contributed by atoms with Gasteiger partial charge in [-0.05, 0) is 12.0 Å². The van der Waals surface area contributed by atoms with E-state index in [9.17, 15) is 9.59 Å². The van der Waals surface area contributed by atoms with E-state index in [2.05, 4.69) is 19.6 Å². The van der Waals surface area contributed by atoms with Crippen LogP contribution < -0.4 is 5.56 Å². The summed E-state index contributed by atoms with van der Waals surface area (Å²) in [6, 6.07) is 2.89. The van der Waals surface area contributed by atoms with Gasteiger partial charge in [0, 0.05) is 18.8 Å². The average Bonchev–Trinajstić information content (AvgIpc) is 3.00. The Hall–Kier alpha value is -2.97. The van der Waals surface area contributed by atoms with E-state index < -0.39 is 0 Å². The summed E-state index contributed by atoms with van der Waals surface area (Å²) in [7, 11) is 1.65. The molecule has 0 aliphatic heterocycles. The first-order valence-electron chi connectivity index (χ1n) is 6.72. The second-order valence-corrected chi connectivity index (χ2v) is 4.92. The summed E-state index contributed by atoms with van der Waals surface area (Å²) in [6.07, 6.45) is 1.22. The summed E-state index contributed by atoms with van der Waals surface area (Å²) in [5.41, 5.74) is 0.888. The van der Waals surface area contributed by atoms with E-state index in [4.69, 9.17) is 9.90 Å². The van der Waals surface area contributed by atoms with Gasteiger partial charge in [0.05, 0.1) is 12.1 Å². The number of H-pyrrole nitrogens is 1. The highest BCUT2D eigenvalue weighted by Gasteiger charge is 2.19. The lowest BCUT2D eigenvalue weighted by Gasteiger charge is -2.18. The number of amides is 1. The minimum atomic E-state index is -0.250. The lowest BCUT2D eigenvalue weighted by Crippen LogP contribution is -2.29. The van der Waals surface area contributed by atoms with E-state index in [1.165, 1.54) is 17.4 Å². The van der Waals surface area contributed by atoms with Crippen LogP contribution in [0.5, 0.6) is 0 Å². The van der Waals surface area contributed by atoms with Crippen molar-refractivity contribution in [2.45, 2.75) is 26.3 Å². The minimum Gasteiger partial charge on any atom is -0.483 e. The third-order valence-corrected chi connectivity index (χ3v) is 2.89. The van der Waals surface area contributed by atoms with Gasteiger partial charge in [0.25, 0.3) is 12.4 Å². The van der Waals surface area contributed by atoms with Crippen LogP contribution in [0.25, 0.3) is 0 Å². The van der Waals surface area contributed by atoms with E-state index in [0.717, 1.165) is 0 Å². The Morgan fingerprint density at radius 3 is 2.65 bits per heavy atom. The average molecular weight is 322 g/mol. The minimum absolute atomic E-state index is 0.0430. The van der Waals surface area contributed by atoms with Crippen molar-refractivity contribution in [2.75, 3.05) is 7.05 Å². The first-order chi connectivity index (χ1) is 10.9. The number of nitrogens with one attached hydrogen (secondary N) is 1. The molecule has 1 amide bonds. The van der Waals surface area contributed by atoms with Crippen LogP contribution in [-0.2, 0) is 11.3 Å². The highest BCUT2D eigenvalue weighted by Crippen LogP contribution is 2.17. The number of carbonyl (C=O) groups excluding carboxylic acids is 1. The van der Waals surface area contributed by atoms with Gasteiger partial charge in [0.2, 0.25) is 12.0 Å². The highest BCUT2D eigenvalue weighted by atomic mass is 16.5. The Kier molecular flexibility index (Phi) is 6.66. The zero-order valence-corrected chi connectivity index (χ0v) is 13.0. The van der Waals surface area contributed by atoms with Crippen molar-refractivity contribution in [1.29, 1.82) is 0 Å². The Morgan fingerprint density at radius 2 is 2.13 bits per heavy atom. The number of nitrogens with zero attached hydrogens (tertiary/aromatic N) is 3. The van der Waals surface area contributed by atoms with Crippen molar-refractivity contribution >= 4 is 12.4 Å². The molecule has 0 aliphatic rings. The second kappa shape index (κ2) is 8.47. The molecule has 2 rings (SSSR count). The number of rotatable bonds is 4. The maximum Gasteiger partial charge on any atom is 0.290 e. The highest BCUT2D eigenvalue weighted by molar-refractivity contribution is 5.95. The van der Waals surface area contributed by atoms with Crippen LogP contribution in [0, 0.1) is 0 Å². The molecule has 124 valence electrons. The van der Waals surface area contributed by atoms with Crippen molar-refractivity contribution in [3.05, 3.63) is 46.0 Å². The molecule has 9 heteroatoms. The standard InChI is InChI=1S/C13H16N4O3.CH2O2/c1-8(2)12-9(4-5-11(18)15-12)13(19)17(3)6-10-14-7-20-16-10;2-1-3/h4-5,7-8H,6H2,1-3H3,(H,15,18);1H,(H,2,3). The van der Waals surface area contributed by atoms with Crippen LogP contribution in [0.1, 0.15) is 41.6 Å². The second-order valence-electron chi connectivity index (χ2n) is 4.92. The Morgan fingerprint density at radius 1 is 1.48 bits per heavy atom. The summed E-state index contributed by atoms with van der Waals surface area (Å²) in [6.45, 7) is 3.83. The molecule has 0 atom stereocenters. The molecule has 0 bridgehead atoms. The fraction of sp³-hybridized carbons (Fsp3) is 0.357. The van der Waals surface area contributed by atoms with Gasteiger partial charge in [0.1, 0.15) is 0 Å². The molecule has 2 N–H and O–H groups in total. The predicted molar refractivity (Wildman–Crippen MR) is 79.9 cm³/mol. The van der Waals surface area contributed by atoms with Gasteiger partial charge in [0.15, 0.2) is 5.82 Å². The molecule has 0 aliphatic carbocycles. The molecule has 0 spiro atoms. The molecule has 0 saturated heterocycles. The lowest BCUT2D eigenvalue weighted by atomic mass is 10.0. The zero-order valence-electron chi connectivity index (χ0n) is 13.0. The summed E-state index contributed by atoms with van der Waals surface area (Å²) in [5, 5.41) is 10.6. The van der Waals surface area contributed by atoms with Crippen LogP contribution in [0.2, 0.25) is 0 Å². The number of hydrogen-bond acceptors (Lipinski definition) is 6. The molecule has 2 aromatic heterocycles. The van der Waals surface area contributed by atoms with E-state index in [0.29, 0.717) is 17.1 Å².